The van der Waals surface area contributed by atoms with Crippen molar-refractivity contribution in [2.24, 2.45) is 0 Å². The van der Waals surface area contributed by atoms with Gasteiger partial charge in [-0.25, -0.2) is 13.2 Å². The van der Waals surface area contributed by atoms with Gasteiger partial charge < -0.3 is 15.0 Å². The van der Waals surface area contributed by atoms with Gasteiger partial charge in [-0.3, -0.25) is 24.1 Å². The zero-order valence-electron chi connectivity index (χ0n) is 21.9. The number of pyridine rings is 1. The fourth-order valence-electron chi connectivity index (χ4n) is 4.80. The minimum absolute atomic E-state index is 0.0200. The summed E-state index contributed by atoms with van der Waals surface area (Å²) in [7, 11) is 0. The zero-order chi connectivity index (χ0) is 28.6. The Morgan fingerprint density at radius 2 is 1.77 bits per heavy atom. The van der Waals surface area contributed by atoms with Gasteiger partial charge in [-0.15, -0.1) is 0 Å². The SMILES string of the molecule is CC1C=CCC(C)N2CN1C(=O)c1c(OCc3ccccc3)c(=O)c(C(=O)NCc3c(F)cc(F)cc3F)cn12. The van der Waals surface area contributed by atoms with Gasteiger partial charge in [0.1, 0.15) is 36.3 Å². The van der Waals surface area contributed by atoms with Gasteiger partial charge in [0.25, 0.3) is 11.8 Å². The smallest absolute Gasteiger partial charge is 0.278 e. The van der Waals surface area contributed by atoms with Crippen LogP contribution in [0.1, 0.15) is 52.2 Å². The maximum Gasteiger partial charge on any atom is 0.278 e. The van der Waals surface area contributed by atoms with Crippen molar-refractivity contribution in [3.05, 3.63) is 111 Å². The highest BCUT2D eigenvalue weighted by Crippen LogP contribution is 2.28. The second-order valence-electron chi connectivity index (χ2n) is 9.81. The third-order valence-electron chi connectivity index (χ3n) is 7.08. The van der Waals surface area contributed by atoms with E-state index in [1.165, 1.54) is 10.9 Å². The third-order valence-corrected chi connectivity index (χ3v) is 7.08. The molecule has 5 rings (SSSR count). The second-order valence-corrected chi connectivity index (χ2v) is 9.81. The van der Waals surface area contributed by atoms with E-state index >= 15 is 0 Å². The highest BCUT2D eigenvalue weighted by Gasteiger charge is 2.38. The molecule has 0 aliphatic carbocycles. The number of ether oxygens (including phenoxy) is 1. The van der Waals surface area contributed by atoms with Crippen molar-refractivity contribution in [1.82, 2.24) is 14.9 Å². The number of nitrogens with one attached hydrogen (secondary N) is 1. The summed E-state index contributed by atoms with van der Waals surface area (Å²) in [5, 5.41) is 4.19. The Hall–Kier alpha value is -4.54. The Morgan fingerprint density at radius 1 is 1.07 bits per heavy atom. The van der Waals surface area contributed by atoms with E-state index in [-0.39, 0.29) is 42.4 Å². The Balaban J connectivity index is 1.57. The maximum absolute atomic E-state index is 14.2. The average Bonchev–Trinajstić information content (AvgIpc) is 2.91. The summed E-state index contributed by atoms with van der Waals surface area (Å²) in [6.07, 6.45) is 5.80. The Kier molecular flexibility index (Phi) is 7.38. The largest absolute Gasteiger partial charge is 0.482 e. The molecule has 2 amide bonds. The molecule has 40 heavy (non-hydrogen) atoms. The van der Waals surface area contributed by atoms with Crippen molar-refractivity contribution in [3.8, 4) is 5.75 Å². The quantitative estimate of drug-likeness (QED) is 0.470. The molecule has 2 bridgehead atoms. The van der Waals surface area contributed by atoms with Crippen LogP contribution in [0.15, 0.2) is 65.6 Å². The maximum atomic E-state index is 14.2. The molecule has 3 heterocycles. The average molecular weight is 553 g/mol. The summed E-state index contributed by atoms with van der Waals surface area (Å²) in [4.78, 5) is 42.2. The van der Waals surface area contributed by atoms with E-state index in [1.807, 2.05) is 37.1 Å². The van der Waals surface area contributed by atoms with E-state index in [4.69, 9.17) is 4.74 Å². The van der Waals surface area contributed by atoms with Crippen LogP contribution in [0.3, 0.4) is 0 Å². The normalized spacial score (nSPS) is 18.2. The minimum atomic E-state index is -1.17. The van der Waals surface area contributed by atoms with Gasteiger partial charge in [0, 0.05) is 42.5 Å². The molecule has 11 heteroatoms. The van der Waals surface area contributed by atoms with Crippen LogP contribution in [0.4, 0.5) is 13.2 Å². The summed E-state index contributed by atoms with van der Waals surface area (Å²) in [6.45, 7) is 3.34. The summed E-state index contributed by atoms with van der Waals surface area (Å²) >= 11 is 0. The first-order valence-electron chi connectivity index (χ1n) is 12.8. The van der Waals surface area contributed by atoms with E-state index in [9.17, 15) is 27.6 Å². The van der Waals surface area contributed by atoms with Gasteiger partial charge in [-0.05, 0) is 25.8 Å². The van der Waals surface area contributed by atoms with Gasteiger partial charge in [0.15, 0.2) is 11.4 Å². The number of rotatable bonds is 6. The molecule has 0 saturated carbocycles. The van der Waals surface area contributed by atoms with Gasteiger partial charge in [0.2, 0.25) is 5.43 Å². The third kappa shape index (κ3) is 5.06. The first-order valence-corrected chi connectivity index (χ1v) is 12.8. The number of nitrogens with zero attached hydrogens (tertiary/aromatic N) is 3. The molecule has 0 radical (unpaired) electrons. The first-order chi connectivity index (χ1) is 19.2. The molecule has 8 nitrogen and oxygen atoms in total. The lowest BCUT2D eigenvalue weighted by molar-refractivity contribution is 0.0631. The van der Waals surface area contributed by atoms with Gasteiger partial charge in [-0.1, -0.05) is 42.5 Å². The molecule has 208 valence electrons. The van der Waals surface area contributed by atoms with E-state index in [2.05, 4.69) is 5.32 Å². The number of benzene rings is 2. The van der Waals surface area contributed by atoms with Crippen molar-refractivity contribution in [2.45, 2.75) is 45.5 Å². The first kappa shape index (κ1) is 27.0. The molecule has 3 aromatic rings. The molecule has 2 aromatic carbocycles. The Labute approximate surface area is 228 Å². The van der Waals surface area contributed by atoms with Crippen molar-refractivity contribution in [1.29, 1.82) is 0 Å². The van der Waals surface area contributed by atoms with Crippen LogP contribution in [0.2, 0.25) is 0 Å². The number of aromatic nitrogens is 1. The molecule has 1 N–H and O–H groups in total. The van der Waals surface area contributed by atoms with E-state index in [0.29, 0.717) is 18.6 Å². The number of amides is 2. The fraction of sp³-hybridized carbons (Fsp3) is 0.276. The second kappa shape index (κ2) is 10.9. The molecule has 0 spiro atoms. The molecular weight excluding hydrogens is 525 g/mol. The lowest BCUT2D eigenvalue weighted by Gasteiger charge is -2.45. The molecule has 2 aliphatic heterocycles. The molecule has 2 unspecified atom stereocenters. The lowest BCUT2D eigenvalue weighted by Crippen LogP contribution is -2.60. The van der Waals surface area contributed by atoms with Crippen molar-refractivity contribution >= 4 is 11.8 Å². The standard InChI is InChI=1S/C29H27F3N4O4/c1-17-7-6-8-18(2)36-16-34(17)29(39)25-27(40-15-19-9-4-3-5-10-19)26(37)22(14-35(25)36)28(38)33-13-21-23(31)11-20(30)12-24(21)32/h3-7,9-12,14,17-18H,8,13,15-16H2,1-2H3,(H,33,38). The van der Waals surface area contributed by atoms with E-state index in [1.54, 1.807) is 29.2 Å². The van der Waals surface area contributed by atoms with Crippen LogP contribution in [0.25, 0.3) is 0 Å². The van der Waals surface area contributed by atoms with Crippen LogP contribution in [0.5, 0.6) is 5.75 Å². The molecule has 0 saturated heterocycles. The number of fused-ring (bicyclic) bond motifs is 4. The fourth-order valence-corrected chi connectivity index (χ4v) is 4.80. The van der Waals surface area contributed by atoms with Crippen molar-refractivity contribution in [3.63, 3.8) is 0 Å². The number of hydrogen-bond acceptors (Lipinski definition) is 5. The lowest BCUT2D eigenvalue weighted by atomic mass is 10.1. The highest BCUT2D eigenvalue weighted by atomic mass is 19.1. The monoisotopic (exact) mass is 552 g/mol. The number of carbonyl (C=O) groups is 2. The summed E-state index contributed by atoms with van der Waals surface area (Å²) < 4.78 is 49.0. The summed E-state index contributed by atoms with van der Waals surface area (Å²) in [5.74, 6) is -5.12. The summed E-state index contributed by atoms with van der Waals surface area (Å²) in [6, 6.07) is 9.64. The molecule has 2 aliphatic rings. The van der Waals surface area contributed by atoms with E-state index < -0.39 is 46.8 Å². The van der Waals surface area contributed by atoms with Gasteiger partial charge >= 0.3 is 0 Å². The van der Waals surface area contributed by atoms with Gasteiger partial charge in [0.05, 0.1) is 0 Å². The number of hydrogen-bond donors (Lipinski definition) is 1. The number of carbonyl (C=O) groups excluding carboxylic acids is 2. The van der Waals surface area contributed by atoms with Crippen LogP contribution in [-0.2, 0) is 13.2 Å². The predicted octanol–water partition coefficient (Wildman–Crippen LogP) is 3.86. The molecule has 0 fully saturated rings. The van der Waals surface area contributed by atoms with Crippen molar-refractivity contribution < 1.29 is 27.5 Å². The Morgan fingerprint density at radius 3 is 2.48 bits per heavy atom. The minimum Gasteiger partial charge on any atom is -0.482 e. The highest BCUT2D eigenvalue weighted by molar-refractivity contribution is 5.99. The van der Waals surface area contributed by atoms with Crippen LogP contribution in [0, 0.1) is 17.5 Å². The van der Waals surface area contributed by atoms with Crippen LogP contribution in [-0.4, -0.2) is 40.1 Å². The van der Waals surface area contributed by atoms with Crippen LogP contribution >= 0.6 is 0 Å². The zero-order valence-corrected chi connectivity index (χ0v) is 21.9. The molecule has 1 aromatic heterocycles. The van der Waals surface area contributed by atoms with E-state index in [0.717, 1.165) is 5.56 Å². The Bertz CT molecular complexity index is 1530. The van der Waals surface area contributed by atoms with Crippen molar-refractivity contribution in [2.75, 3.05) is 11.7 Å². The summed E-state index contributed by atoms with van der Waals surface area (Å²) in [5.41, 5.74) is -1.07. The molecular formula is C29H27F3N4O4. The number of halogens is 3. The molecule has 2 atom stereocenters. The predicted molar refractivity (Wildman–Crippen MR) is 141 cm³/mol. The topological polar surface area (TPSA) is 83.9 Å². The van der Waals surface area contributed by atoms with Gasteiger partial charge in [-0.2, -0.15) is 0 Å². The van der Waals surface area contributed by atoms with Crippen LogP contribution < -0.4 is 20.5 Å².